The zero-order valence-corrected chi connectivity index (χ0v) is 11.7. The van der Waals surface area contributed by atoms with E-state index in [9.17, 15) is 4.79 Å². The van der Waals surface area contributed by atoms with Gasteiger partial charge in [0, 0.05) is 6.20 Å². The van der Waals surface area contributed by atoms with E-state index >= 15 is 0 Å². The molecule has 1 N–H and O–H groups in total. The summed E-state index contributed by atoms with van der Waals surface area (Å²) in [5.41, 5.74) is 0.275. The molecule has 0 bridgehead atoms. The van der Waals surface area contributed by atoms with Crippen molar-refractivity contribution in [2.75, 3.05) is 0 Å². The lowest BCUT2D eigenvalue weighted by atomic mass is 10.2. The van der Waals surface area contributed by atoms with Gasteiger partial charge in [-0.2, -0.15) is 5.26 Å². The smallest absolute Gasteiger partial charge is 0.335 e. The Labute approximate surface area is 122 Å². The minimum absolute atomic E-state index is 0.123. The molecular formula is C13H7IN2O3. The lowest BCUT2D eigenvalue weighted by Gasteiger charge is -2.09. The molecule has 5 nitrogen and oxygen atoms in total. The Morgan fingerprint density at radius 2 is 2.16 bits per heavy atom. The highest BCUT2D eigenvalue weighted by Crippen LogP contribution is 2.29. The number of aromatic nitrogens is 1. The van der Waals surface area contributed by atoms with Gasteiger partial charge in [-0.1, -0.05) is 0 Å². The van der Waals surface area contributed by atoms with Crippen LogP contribution in [0.2, 0.25) is 0 Å². The SMILES string of the molecule is N#Cc1ncccc1Oc1cc(C(=O)O)ccc1I. The first-order valence-electron chi connectivity index (χ1n) is 5.17. The normalized spacial score (nSPS) is 9.68. The lowest BCUT2D eigenvalue weighted by Crippen LogP contribution is -1.98. The van der Waals surface area contributed by atoms with Crippen molar-refractivity contribution in [2.45, 2.75) is 0 Å². The fourth-order valence-corrected chi connectivity index (χ4v) is 1.84. The summed E-state index contributed by atoms with van der Waals surface area (Å²) in [5, 5.41) is 17.9. The number of nitrogens with zero attached hydrogens (tertiary/aromatic N) is 2. The molecule has 0 fully saturated rings. The van der Waals surface area contributed by atoms with Gasteiger partial charge >= 0.3 is 5.97 Å². The molecule has 1 aromatic carbocycles. The van der Waals surface area contributed by atoms with Gasteiger partial charge < -0.3 is 9.84 Å². The number of hydrogen-bond acceptors (Lipinski definition) is 4. The Balaban J connectivity index is 2.41. The first-order valence-corrected chi connectivity index (χ1v) is 6.25. The maximum atomic E-state index is 10.9. The minimum atomic E-state index is -1.03. The maximum absolute atomic E-state index is 10.9. The van der Waals surface area contributed by atoms with E-state index in [4.69, 9.17) is 15.1 Å². The number of carbonyl (C=O) groups is 1. The third kappa shape index (κ3) is 3.00. The molecule has 0 saturated carbocycles. The van der Waals surface area contributed by atoms with E-state index in [-0.39, 0.29) is 11.3 Å². The number of halogens is 1. The van der Waals surface area contributed by atoms with Crippen molar-refractivity contribution in [1.82, 2.24) is 4.98 Å². The van der Waals surface area contributed by atoms with Crippen LogP contribution in [-0.4, -0.2) is 16.1 Å². The number of ether oxygens (including phenoxy) is 1. The number of aromatic carboxylic acids is 1. The van der Waals surface area contributed by atoms with Gasteiger partial charge in [0.05, 0.1) is 9.13 Å². The van der Waals surface area contributed by atoms with Gasteiger partial charge in [0.1, 0.15) is 11.8 Å². The second kappa shape index (κ2) is 5.67. The van der Waals surface area contributed by atoms with Crippen molar-refractivity contribution in [3.63, 3.8) is 0 Å². The number of nitriles is 1. The summed E-state index contributed by atoms with van der Waals surface area (Å²) in [6.07, 6.45) is 1.49. The highest BCUT2D eigenvalue weighted by molar-refractivity contribution is 14.1. The van der Waals surface area contributed by atoms with Crippen molar-refractivity contribution in [2.24, 2.45) is 0 Å². The predicted molar refractivity (Wildman–Crippen MR) is 75.1 cm³/mol. The Morgan fingerprint density at radius 3 is 2.84 bits per heavy atom. The molecule has 0 radical (unpaired) electrons. The molecule has 0 atom stereocenters. The van der Waals surface area contributed by atoms with Crippen LogP contribution >= 0.6 is 22.6 Å². The molecular weight excluding hydrogens is 359 g/mol. The lowest BCUT2D eigenvalue weighted by molar-refractivity contribution is 0.0696. The number of pyridine rings is 1. The van der Waals surface area contributed by atoms with E-state index in [1.807, 2.05) is 28.7 Å². The number of rotatable bonds is 3. The third-order valence-corrected chi connectivity index (χ3v) is 3.17. The first kappa shape index (κ1) is 13.3. The van der Waals surface area contributed by atoms with E-state index in [0.717, 1.165) is 3.57 Å². The van der Waals surface area contributed by atoms with Crippen molar-refractivity contribution in [1.29, 1.82) is 5.26 Å². The van der Waals surface area contributed by atoms with Crippen molar-refractivity contribution in [3.05, 3.63) is 51.4 Å². The van der Waals surface area contributed by atoms with Crippen LogP contribution in [-0.2, 0) is 0 Å². The van der Waals surface area contributed by atoms with Gasteiger partial charge in [0.25, 0.3) is 0 Å². The molecule has 2 rings (SSSR count). The monoisotopic (exact) mass is 366 g/mol. The average molecular weight is 366 g/mol. The van der Waals surface area contributed by atoms with Crippen LogP contribution in [0.4, 0.5) is 0 Å². The van der Waals surface area contributed by atoms with Crippen LogP contribution in [0.15, 0.2) is 36.5 Å². The number of hydrogen-bond donors (Lipinski definition) is 1. The molecule has 0 aliphatic carbocycles. The fourth-order valence-electron chi connectivity index (χ4n) is 1.39. The van der Waals surface area contributed by atoms with Crippen LogP contribution in [0, 0.1) is 14.9 Å². The topological polar surface area (TPSA) is 83.2 Å². The van der Waals surface area contributed by atoms with Gasteiger partial charge in [0.2, 0.25) is 0 Å². The molecule has 0 aliphatic heterocycles. The van der Waals surface area contributed by atoms with Gasteiger partial charge in [-0.05, 0) is 52.9 Å². The molecule has 0 spiro atoms. The van der Waals surface area contributed by atoms with E-state index < -0.39 is 5.97 Å². The second-order valence-corrected chi connectivity index (χ2v) is 4.68. The van der Waals surface area contributed by atoms with Gasteiger partial charge in [0.15, 0.2) is 11.4 Å². The first-order chi connectivity index (χ1) is 9.11. The summed E-state index contributed by atoms with van der Waals surface area (Å²) in [6, 6.07) is 9.71. The van der Waals surface area contributed by atoms with Gasteiger partial charge in [-0.15, -0.1) is 0 Å². The highest BCUT2D eigenvalue weighted by Gasteiger charge is 2.11. The van der Waals surface area contributed by atoms with Crippen molar-refractivity contribution in [3.8, 4) is 17.6 Å². The molecule has 0 aliphatic rings. The van der Waals surface area contributed by atoms with Crippen molar-refractivity contribution < 1.29 is 14.6 Å². The molecule has 1 aromatic heterocycles. The van der Waals surface area contributed by atoms with Crippen LogP contribution in [0.5, 0.6) is 11.5 Å². The standard InChI is InChI=1S/C13H7IN2O3/c14-9-4-3-8(13(17)18)6-12(9)19-11-2-1-5-16-10(11)7-15/h1-6H,(H,17,18). The van der Waals surface area contributed by atoms with E-state index in [2.05, 4.69) is 4.98 Å². The zero-order chi connectivity index (χ0) is 13.8. The van der Waals surface area contributed by atoms with Gasteiger partial charge in [-0.3, -0.25) is 0 Å². The van der Waals surface area contributed by atoms with Crippen molar-refractivity contribution >= 4 is 28.6 Å². The maximum Gasteiger partial charge on any atom is 0.335 e. The second-order valence-electron chi connectivity index (χ2n) is 3.51. The highest BCUT2D eigenvalue weighted by atomic mass is 127. The summed E-state index contributed by atoms with van der Waals surface area (Å²) in [5.74, 6) is -0.358. The third-order valence-electron chi connectivity index (χ3n) is 2.27. The average Bonchev–Trinajstić information content (AvgIpc) is 2.41. The Hall–Kier alpha value is -2.14. The summed E-state index contributed by atoms with van der Waals surface area (Å²) in [4.78, 5) is 14.8. The van der Waals surface area contributed by atoms with Crippen LogP contribution in [0.25, 0.3) is 0 Å². The molecule has 0 amide bonds. The molecule has 94 valence electrons. The largest absolute Gasteiger partial charge is 0.478 e. The quantitative estimate of drug-likeness (QED) is 0.845. The molecule has 2 aromatic rings. The summed E-state index contributed by atoms with van der Waals surface area (Å²) in [7, 11) is 0. The molecule has 0 unspecified atom stereocenters. The molecule has 6 heteroatoms. The van der Waals surface area contributed by atoms with E-state index in [1.54, 1.807) is 18.2 Å². The van der Waals surface area contributed by atoms with E-state index in [1.165, 1.54) is 18.3 Å². The fraction of sp³-hybridized carbons (Fsp3) is 0. The van der Waals surface area contributed by atoms with Gasteiger partial charge in [-0.25, -0.2) is 9.78 Å². The zero-order valence-electron chi connectivity index (χ0n) is 9.50. The van der Waals surface area contributed by atoms with E-state index in [0.29, 0.717) is 11.5 Å². The molecule has 0 saturated heterocycles. The predicted octanol–water partition coefficient (Wildman–Crippen LogP) is 3.05. The number of benzene rings is 1. The number of carboxylic acids is 1. The minimum Gasteiger partial charge on any atom is -0.478 e. The Kier molecular flexibility index (Phi) is 3.97. The van der Waals surface area contributed by atoms with Crippen LogP contribution in [0.3, 0.4) is 0 Å². The summed E-state index contributed by atoms with van der Waals surface area (Å²) in [6.45, 7) is 0. The molecule has 19 heavy (non-hydrogen) atoms. The summed E-state index contributed by atoms with van der Waals surface area (Å²) >= 11 is 2.03. The Bertz CT molecular complexity index is 680. The number of carboxylic acid groups (broad SMARTS) is 1. The Morgan fingerprint density at radius 1 is 1.37 bits per heavy atom. The van der Waals surface area contributed by atoms with Crippen LogP contribution < -0.4 is 4.74 Å². The van der Waals surface area contributed by atoms with Crippen LogP contribution in [0.1, 0.15) is 16.1 Å². The molecule has 1 heterocycles. The summed E-state index contributed by atoms with van der Waals surface area (Å²) < 4.78 is 6.31.